The third kappa shape index (κ3) is 4.55. The highest BCUT2D eigenvalue weighted by Crippen LogP contribution is 2.21. The Balaban J connectivity index is 1.51. The van der Waals surface area contributed by atoms with Crippen molar-refractivity contribution in [2.24, 2.45) is 0 Å². The number of nitrogens with one attached hydrogen (secondary N) is 2. The van der Waals surface area contributed by atoms with Crippen LogP contribution in [0.5, 0.6) is 11.5 Å². The molecule has 0 bridgehead atoms. The van der Waals surface area contributed by atoms with Crippen LogP contribution < -0.4 is 14.8 Å². The van der Waals surface area contributed by atoms with E-state index in [1.807, 2.05) is 30.3 Å². The Labute approximate surface area is 156 Å². The van der Waals surface area contributed by atoms with Gasteiger partial charge < -0.3 is 14.8 Å². The summed E-state index contributed by atoms with van der Waals surface area (Å²) in [6.07, 6.45) is 0. The Morgan fingerprint density at radius 1 is 1.15 bits per heavy atom. The minimum absolute atomic E-state index is 0.250. The molecule has 7 heteroatoms. The van der Waals surface area contributed by atoms with Crippen molar-refractivity contribution < 1.29 is 14.3 Å². The highest BCUT2D eigenvalue weighted by molar-refractivity contribution is 6.30. The number of H-pyrrole nitrogens is 1. The van der Waals surface area contributed by atoms with Crippen molar-refractivity contribution in [3.8, 4) is 22.8 Å². The van der Waals surface area contributed by atoms with Crippen LogP contribution in [0.1, 0.15) is 10.5 Å². The molecule has 0 aliphatic rings. The molecule has 0 atom stereocenters. The maximum absolute atomic E-state index is 12.2. The van der Waals surface area contributed by atoms with Crippen molar-refractivity contribution in [1.29, 1.82) is 0 Å². The number of ether oxygens (including phenoxy) is 2. The number of hydrogen-bond donors (Lipinski definition) is 2. The first kappa shape index (κ1) is 17.8. The summed E-state index contributed by atoms with van der Waals surface area (Å²) in [6, 6.07) is 16.3. The van der Waals surface area contributed by atoms with Crippen molar-refractivity contribution in [2.45, 2.75) is 0 Å². The molecule has 0 saturated heterocycles. The molecule has 26 heavy (non-hydrogen) atoms. The van der Waals surface area contributed by atoms with Gasteiger partial charge in [0.05, 0.1) is 19.3 Å². The van der Waals surface area contributed by atoms with Crippen LogP contribution in [0.2, 0.25) is 5.02 Å². The molecule has 1 amide bonds. The molecule has 2 aromatic carbocycles. The Hall–Kier alpha value is -2.99. The fourth-order valence-electron chi connectivity index (χ4n) is 2.35. The third-order valence-electron chi connectivity index (χ3n) is 3.64. The van der Waals surface area contributed by atoms with E-state index in [1.54, 1.807) is 31.4 Å². The van der Waals surface area contributed by atoms with Gasteiger partial charge in [-0.25, -0.2) is 0 Å². The van der Waals surface area contributed by atoms with Gasteiger partial charge in [-0.05, 0) is 30.3 Å². The molecule has 1 aromatic heterocycles. The zero-order valence-corrected chi connectivity index (χ0v) is 14.9. The highest BCUT2D eigenvalue weighted by atomic mass is 35.5. The molecule has 134 valence electrons. The van der Waals surface area contributed by atoms with Crippen LogP contribution in [0.25, 0.3) is 11.3 Å². The van der Waals surface area contributed by atoms with Gasteiger partial charge in [-0.1, -0.05) is 29.8 Å². The third-order valence-corrected chi connectivity index (χ3v) is 3.88. The molecule has 2 N–H and O–H groups in total. The van der Waals surface area contributed by atoms with Crippen molar-refractivity contribution in [3.63, 3.8) is 0 Å². The number of rotatable bonds is 7. The number of halogens is 1. The van der Waals surface area contributed by atoms with E-state index < -0.39 is 0 Å². The molecule has 3 rings (SSSR count). The molecule has 0 spiro atoms. The highest BCUT2D eigenvalue weighted by Gasteiger charge is 2.11. The summed E-state index contributed by atoms with van der Waals surface area (Å²) in [5.41, 5.74) is 1.88. The van der Waals surface area contributed by atoms with Gasteiger partial charge in [-0.2, -0.15) is 5.10 Å². The van der Waals surface area contributed by atoms with Gasteiger partial charge in [0, 0.05) is 16.7 Å². The lowest BCUT2D eigenvalue weighted by molar-refractivity contribution is 0.0942. The number of amides is 1. The first-order valence-electron chi connectivity index (χ1n) is 8.02. The number of methoxy groups -OCH3 is 1. The summed E-state index contributed by atoms with van der Waals surface area (Å²) in [4.78, 5) is 12.2. The Morgan fingerprint density at radius 3 is 2.77 bits per heavy atom. The smallest absolute Gasteiger partial charge is 0.269 e. The SMILES string of the molecule is COc1cccc(OCCNC(=O)c2cc(-c3cccc(Cl)c3)n[nH]2)c1. The lowest BCUT2D eigenvalue weighted by Gasteiger charge is -2.08. The van der Waals surface area contributed by atoms with Gasteiger partial charge in [-0.15, -0.1) is 0 Å². The fraction of sp³-hybridized carbons (Fsp3) is 0.158. The second kappa shape index (κ2) is 8.40. The summed E-state index contributed by atoms with van der Waals surface area (Å²) in [6.45, 7) is 0.704. The molecule has 0 aliphatic carbocycles. The lowest BCUT2D eigenvalue weighted by Crippen LogP contribution is -2.28. The van der Waals surface area contributed by atoms with Crippen LogP contribution in [0.15, 0.2) is 54.6 Å². The van der Waals surface area contributed by atoms with Crippen molar-refractivity contribution in [2.75, 3.05) is 20.3 Å². The Bertz CT molecular complexity index is 895. The average Bonchev–Trinajstić information content (AvgIpc) is 3.15. The Morgan fingerprint density at radius 2 is 1.96 bits per heavy atom. The van der Waals surface area contributed by atoms with Crippen molar-refractivity contribution in [3.05, 3.63) is 65.3 Å². The van der Waals surface area contributed by atoms with E-state index in [9.17, 15) is 4.79 Å². The van der Waals surface area contributed by atoms with E-state index in [2.05, 4.69) is 15.5 Å². The summed E-state index contributed by atoms with van der Waals surface area (Å²) in [5.74, 6) is 1.15. The summed E-state index contributed by atoms with van der Waals surface area (Å²) in [7, 11) is 1.60. The number of aromatic amines is 1. The van der Waals surface area contributed by atoms with Crippen LogP contribution in [0.4, 0.5) is 0 Å². The molecule has 0 unspecified atom stereocenters. The first-order valence-corrected chi connectivity index (χ1v) is 8.40. The minimum Gasteiger partial charge on any atom is -0.497 e. The Kier molecular flexibility index (Phi) is 5.76. The number of hydrogen-bond acceptors (Lipinski definition) is 4. The summed E-state index contributed by atoms with van der Waals surface area (Å²) < 4.78 is 10.7. The van der Waals surface area contributed by atoms with Gasteiger partial charge >= 0.3 is 0 Å². The van der Waals surface area contributed by atoms with Gasteiger partial charge in [0.2, 0.25) is 0 Å². The lowest BCUT2D eigenvalue weighted by atomic mass is 10.1. The molecule has 0 saturated carbocycles. The van der Waals surface area contributed by atoms with Crippen LogP contribution in [-0.4, -0.2) is 36.4 Å². The van der Waals surface area contributed by atoms with E-state index >= 15 is 0 Å². The van der Waals surface area contributed by atoms with Gasteiger partial charge in [0.25, 0.3) is 5.91 Å². The van der Waals surface area contributed by atoms with Gasteiger partial charge in [0.15, 0.2) is 0 Å². The van der Waals surface area contributed by atoms with E-state index in [0.29, 0.717) is 35.3 Å². The maximum Gasteiger partial charge on any atom is 0.269 e. The monoisotopic (exact) mass is 371 g/mol. The molecular weight excluding hydrogens is 354 g/mol. The number of aromatic nitrogens is 2. The second-order valence-corrected chi connectivity index (χ2v) is 5.90. The molecule has 1 heterocycles. The average molecular weight is 372 g/mol. The molecule has 0 aliphatic heterocycles. The van der Waals surface area contributed by atoms with E-state index in [4.69, 9.17) is 21.1 Å². The first-order chi connectivity index (χ1) is 12.7. The van der Waals surface area contributed by atoms with Gasteiger partial charge in [-0.3, -0.25) is 9.89 Å². The second-order valence-electron chi connectivity index (χ2n) is 5.46. The standard InChI is InChI=1S/C19H18ClN3O3/c1-25-15-6-3-7-16(11-15)26-9-8-21-19(24)18-12-17(22-23-18)13-4-2-5-14(20)10-13/h2-7,10-12H,8-9H2,1H3,(H,21,24)(H,22,23). The molecule has 3 aromatic rings. The molecule has 0 fully saturated rings. The topological polar surface area (TPSA) is 76.2 Å². The van der Waals surface area contributed by atoms with Gasteiger partial charge in [0.1, 0.15) is 23.8 Å². The number of carbonyl (C=O) groups excluding carboxylic acids is 1. The number of nitrogens with zero attached hydrogens (tertiary/aromatic N) is 1. The summed E-state index contributed by atoms with van der Waals surface area (Å²) >= 11 is 5.98. The molecular formula is C19H18ClN3O3. The minimum atomic E-state index is -0.250. The number of carbonyl (C=O) groups is 1. The normalized spacial score (nSPS) is 10.4. The van der Waals surface area contributed by atoms with E-state index in [0.717, 1.165) is 11.3 Å². The van der Waals surface area contributed by atoms with Crippen LogP contribution in [0.3, 0.4) is 0 Å². The largest absolute Gasteiger partial charge is 0.497 e. The zero-order valence-electron chi connectivity index (χ0n) is 14.2. The quantitative estimate of drug-likeness (QED) is 0.623. The van der Waals surface area contributed by atoms with Crippen molar-refractivity contribution >= 4 is 17.5 Å². The molecule has 0 radical (unpaired) electrons. The number of benzene rings is 2. The fourth-order valence-corrected chi connectivity index (χ4v) is 2.54. The van der Waals surface area contributed by atoms with Crippen molar-refractivity contribution in [1.82, 2.24) is 15.5 Å². The maximum atomic E-state index is 12.2. The van der Waals surface area contributed by atoms with E-state index in [1.165, 1.54) is 0 Å². The summed E-state index contributed by atoms with van der Waals surface area (Å²) in [5, 5.41) is 10.3. The predicted octanol–water partition coefficient (Wildman–Crippen LogP) is 3.55. The van der Waals surface area contributed by atoms with Crippen LogP contribution >= 0.6 is 11.6 Å². The van der Waals surface area contributed by atoms with Crippen LogP contribution in [0, 0.1) is 0 Å². The molecule has 6 nitrogen and oxygen atoms in total. The zero-order chi connectivity index (χ0) is 18.4. The van der Waals surface area contributed by atoms with Crippen LogP contribution in [-0.2, 0) is 0 Å². The predicted molar refractivity (Wildman–Crippen MR) is 99.9 cm³/mol. The van der Waals surface area contributed by atoms with E-state index in [-0.39, 0.29) is 5.91 Å².